The van der Waals surface area contributed by atoms with Gasteiger partial charge in [0.05, 0.1) is 6.54 Å². The van der Waals surface area contributed by atoms with Crippen LogP contribution in [0.2, 0.25) is 0 Å². The Labute approximate surface area is 124 Å². The highest BCUT2D eigenvalue weighted by molar-refractivity contribution is 5.45. The van der Waals surface area contributed by atoms with Crippen LogP contribution in [0.3, 0.4) is 0 Å². The molecule has 2 unspecified atom stereocenters. The zero-order valence-corrected chi connectivity index (χ0v) is 12.2. The maximum absolute atomic E-state index is 9.24. The van der Waals surface area contributed by atoms with Crippen LogP contribution in [0.4, 0.5) is 5.69 Å². The lowest BCUT2D eigenvalue weighted by molar-refractivity contribution is 0.373. The Morgan fingerprint density at radius 2 is 2.10 bits per heavy atom. The minimum Gasteiger partial charge on any atom is -0.508 e. The van der Waals surface area contributed by atoms with Crippen molar-refractivity contribution in [1.82, 2.24) is 10.1 Å². The van der Waals surface area contributed by atoms with Crippen molar-refractivity contribution in [3.05, 3.63) is 36.0 Å². The molecule has 0 spiro atoms. The van der Waals surface area contributed by atoms with E-state index in [2.05, 4.69) is 22.4 Å². The molecule has 0 bridgehead atoms. The Morgan fingerprint density at radius 1 is 1.29 bits per heavy atom. The molecule has 1 fully saturated rings. The molecule has 5 heteroatoms. The lowest BCUT2D eigenvalue weighted by atomic mass is 10.0. The van der Waals surface area contributed by atoms with Gasteiger partial charge in [0.15, 0.2) is 5.82 Å². The van der Waals surface area contributed by atoms with Crippen LogP contribution in [-0.4, -0.2) is 15.2 Å². The number of benzene rings is 1. The fraction of sp³-hybridized carbons (Fsp3) is 0.500. The van der Waals surface area contributed by atoms with Gasteiger partial charge >= 0.3 is 0 Å². The van der Waals surface area contributed by atoms with Crippen molar-refractivity contribution < 1.29 is 9.63 Å². The van der Waals surface area contributed by atoms with Crippen LogP contribution in [0.25, 0.3) is 0 Å². The largest absolute Gasteiger partial charge is 0.508 e. The molecular formula is C16H21N3O2. The van der Waals surface area contributed by atoms with Crippen LogP contribution < -0.4 is 5.32 Å². The van der Waals surface area contributed by atoms with Gasteiger partial charge in [-0.2, -0.15) is 4.98 Å². The quantitative estimate of drug-likeness (QED) is 0.821. The number of aromatic nitrogens is 2. The molecule has 1 aromatic heterocycles. The molecule has 0 radical (unpaired) electrons. The second-order valence-electron chi connectivity index (χ2n) is 5.73. The molecule has 1 aliphatic carbocycles. The third kappa shape index (κ3) is 3.35. The molecule has 112 valence electrons. The van der Waals surface area contributed by atoms with Gasteiger partial charge in [-0.1, -0.05) is 18.5 Å². The van der Waals surface area contributed by atoms with Gasteiger partial charge in [0.2, 0.25) is 5.89 Å². The van der Waals surface area contributed by atoms with Gasteiger partial charge in [0.1, 0.15) is 5.75 Å². The SMILES string of the molecule is CCC1CCC(c2noc(CNc3ccc(O)cc3)n2)C1. The minimum absolute atomic E-state index is 0.257. The highest BCUT2D eigenvalue weighted by Gasteiger charge is 2.28. The van der Waals surface area contributed by atoms with E-state index in [1.54, 1.807) is 12.1 Å². The molecule has 0 saturated heterocycles. The minimum atomic E-state index is 0.257. The van der Waals surface area contributed by atoms with Crippen LogP contribution in [0.15, 0.2) is 28.8 Å². The van der Waals surface area contributed by atoms with E-state index in [1.165, 1.54) is 25.7 Å². The monoisotopic (exact) mass is 287 g/mol. The molecule has 2 atom stereocenters. The van der Waals surface area contributed by atoms with E-state index in [1.807, 2.05) is 12.1 Å². The third-order valence-corrected chi connectivity index (χ3v) is 4.28. The predicted molar refractivity (Wildman–Crippen MR) is 80.1 cm³/mol. The number of phenolic OH excluding ortho intramolecular Hbond substituents is 1. The Hall–Kier alpha value is -2.04. The van der Waals surface area contributed by atoms with E-state index in [9.17, 15) is 5.11 Å². The van der Waals surface area contributed by atoms with Crippen molar-refractivity contribution in [2.45, 2.75) is 45.1 Å². The van der Waals surface area contributed by atoms with Crippen LogP contribution in [-0.2, 0) is 6.54 Å². The predicted octanol–water partition coefficient (Wildman–Crippen LogP) is 3.68. The number of nitrogens with one attached hydrogen (secondary N) is 1. The second kappa shape index (κ2) is 6.16. The first-order chi connectivity index (χ1) is 10.2. The first-order valence-corrected chi connectivity index (χ1v) is 7.60. The molecular weight excluding hydrogens is 266 g/mol. The number of hydrogen-bond donors (Lipinski definition) is 2. The molecule has 3 rings (SSSR count). The molecule has 0 aliphatic heterocycles. The van der Waals surface area contributed by atoms with E-state index >= 15 is 0 Å². The van der Waals surface area contributed by atoms with Gasteiger partial charge in [0, 0.05) is 11.6 Å². The van der Waals surface area contributed by atoms with Crippen LogP contribution in [0.5, 0.6) is 5.75 Å². The Balaban J connectivity index is 1.57. The van der Waals surface area contributed by atoms with Crippen LogP contribution in [0, 0.1) is 5.92 Å². The van der Waals surface area contributed by atoms with E-state index in [0.717, 1.165) is 17.4 Å². The van der Waals surface area contributed by atoms with Gasteiger partial charge in [-0.15, -0.1) is 0 Å². The van der Waals surface area contributed by atoms with Crippen LogP contribution >= 0.6 is 0 Å². The average Bonchev–Trinajstić information content (AvgIpc) is 3.15. The van der Waals surface area contributed by atoms with E-state index in [0.29, 0.717) is 18.4 Å². The summed E-state index contributed by atoms with van der Waals surface area (Å²) in [5.41, 5.74) is 0.916. The first-order valence-electron chi connectivity index (χ1n) is 7.60. The average molecular weight is 287 g/mol. The number of anilines is 1. The Morgan fingerprint density at radius 3 is 2.81 bits per heavy atom. The van der Waals surface area contributed by atoms with Gasteiger partial charge in [-0.05, 0) is 49.4 Å². The maximum atomic E-state index is 9.24. The molecule has 1 saturated carbocycles. The summed E-state index contributed by atoms with van der Waals surface area (Å²) in [7, 11) is 0. The molecule has 2 aromatic rings. The van der Waals surface area contributed by atoms with Crippen molar-refractivity contribution >= 4 is 5.69 Å². The Bertz CT molecular complexity index is 579. The smallest absolute Gasteiger partial charge is 0.245 e. The second-order valence-corrected chi connectivity index (χ2v) is 5.73. The van der Waals surface area contributed by atoms with Crippen molar-refractivity contribution in [2.75, 3.05) is 5.32 Å². The van der Waals surface area contributed by atoms with Gasteiger partial charge in [0.25, 0.3) is 0 Å². The highest BCUT2D eigenvalue weighted by atomic mass is 16.5. The number of hydrogen-bond acceptors (Lipinski definition) is 5. The lowest BCUT2D eigenvalue weighted by Gasteiger charge is -2.04. The lowest BCUT2D eigenvalue weighted by Crippen LogP contribution is -2.01. The molecule has 1 aromatic carbocycles. The highest BCUT2D eigenvalue weighted by Crippen LogP contribution is 2.38. The number of nitrogens with zero attached hydrogens (tertiary/aromatic N) is 2. The Kier molecular flexibility index (Phi) is 4.08. The summed E-state index contributed by atoms with van der Waals surface area (Å²) >= 11 is 0. The molecule has 1 aliphatic rings. The van der Waals surface area contributed by atoms with Crippen LogP contribution in [0.1, 0.15) is 50.2 Å². The van der Waals surface area contributed by atoms with Crippen molar-refractivity contribution in [1.29, 1.82) is 0 Å². The normalized spacial score (nSPS) is 21.6. The zero-order valence-electron chi connectivity index (χ0n) is 12.2. The molecule has 1 heterocycles. The number of aromatic hydroxyl groups is 1. The summed E-state index contributed by atoms with van der Waals surface area (Å²) < 4.78 is 5.32. The topological polar surface area (TPSA) is 71.2 Å². The fourth-order valence-corrected chi connectivity index (χ4v) is 2.94. The molecule has 5 nitrogen and oxygen atoms in total. The van der Waals surface area contributed by atoms with E-state index in [4.69, 9.17) is 4.52 Å². The van der Waals surface area contributed by atoms with Crippen molar-refractivity contribution in [2.24, 2.45) is 5.92 Å². The van der Waals surface area contributed by atoms with Crippen molar-refractivity contribution in [3.63, 3.8) is 0 Å². The molecule has 21 heavy (non-hydrogen) atoms. The van der Waals surface area contributed by atoms with Gasteiger partial charge in [-0.25, -0.2) is 0 Å². The summed E-state index contributed by atoms with van der Waals surface area (Å²) in [6.07, 6.45) is 4.87. The first kappa shape index (κ1) is 13.9. The number of rotatable bonds is 5. The summed E-state index contributed by atoms with van der Waals surface area (Å²) in [6, 6.07) is 6.92. The molecule has 0 amide bonds. The third-order valence-electron chi connectivity index (χ3n) is 4.28. The standard InChI is InChI=1S/C16H21N3O2/c1-2-11-3-4-12(9-11)16-18-15(21-19-16)10-17-13-5-7-14(20)8-6-13/h5-8,11-12,17,20H,2-4,9-10H2,1H3. The van der Waals surface area contributed by atoms with E-state index in [-0.39, 0.29) is 5.75 Å². The number of phenols is 1. The summed E-state index contributed by atoms with van der Waals surface area (Å²) in [6.45, 7) is 2.75. The maximum Gasteiger partial charge on any atom is 0.245 e. The van der Waals surface area contributed by atoms with Gasteiger partial charge < -0.3 is 14.9 Å². The molecule has 2 N–H and O–H groups in total. The summed E-state index contributed by atoms with van der Waals surface area (Å²) in [5, 5.41) is 16.6. The zero-order chi connectivity index (χ0) is 14.7. The fourth-order valence-electron chi connectivity index (χ4n) is 2.94. The van der Waals surface area contributed by atoms with E-state index < -0.39 is 0 Å². The summed E-state index contributed by atoms with van der Waals surface area (Å²) in [5.74, 6) is 2.99. The van der Waals surface area contributed by atoms with Crippen molar-refractivity contribution in [3.8, 4) is 5.75 Å². The summed E-state index contributed by atoms with van der Waals surface area (Å²) in [4.78, 5) is 4.50. The van der Waals surface area contributed by atoms with Gasteiger partial charge in [-0.3, -0.25) is 0 Å².